The summed E-state index contributed by atoms with van der Waals surface area (Å²) in [6.45, 7) is 7.80. The standard InChI is InChI=1S/C13H22N2S/c1-4-8-14-10-6-5-7-11-12(10)15-13(16-11)9(2)3/h9-10,14H,4-8H2,1-3H3. The van der Waals surface area contributed by atoms with Crippen molar-refractivity contribution in [2.24, 2.45) is 0 Å². The van der Waals surface area contributed by atoms with E-state index in [2.05, 4.69) is 26.1 Å². The maximum atomic E-state index is 4.84. The maximum Gasteiger partial charge on any atom is 0.0957 e. The van der Waals surface area contributed by atoms with E-state index < -0.39 is 0 Å². The first kappa shape index (κ1) is 12.1. The van der Waals surface area contributed by atoms with Crippen molar-refractivity contribution in [3.8, 4) is 0 Å². The topological polar surface area (TPSA) is 24.9 Å². The summed E-state index contributed by atoms with van der Waals surface area (Å²) in [7, 11) is 0. The van der Waals surface area contributed by atoms with Crippen molar-refractivity contribution >= 4 is 11.3 Å². The van der Waals surface area contributed by atoms with Crippen molar-refractivity contribution in [3.63, 3.8) is 0 Å². The molecule has 0 saturated carbocycles. The number of nitrogens with one attached hydrogen (secondary N) is 1. The predicted molar refractivity (Wildman–Crippen MR) is 70.2 cm³/mol. The van der Waals surface area contributed by atoms with E-state index in [0.717, 1.165) is 6.54 Å². The lowest BCUT2D eigenvalue weighted by atomic mass is 9.97. The van der Waals surface area contributed by atoms with E-state index in [-0.39, 0.29) is 0 Å². The zero-order valence-electron chi connectivity index (χ0n) is 10.5. The Labute approximate surface area is 102 Å². The van der Waals surface area contributed by atoms with Gasteiger partial charge in [0.05, 0.1) is 16.7 Å². The Morgan fingerprint density at radius 1 is 1.50 bits per heavy atom. The number of rotatable bonds is 4. The minimum Gasteiger partial charge on any atom is -0.309 e. The van der Waals surface area contributed by atoms with E-state index in [0.29, 0.717) is 12.0 Å². The first-order valence-electron chi connectivity index (χ1n) is 6.45. The van der Waals surface area contributed by atoms with Crippen LogP contribution in [-0.4, -0.2) is 11.5 Å². The van der Waals surface area contributed by atoms with Gasteiger partial charge in [-0.15, -0.1) is 11.3 Å². The third-order valence-electron chi connectivity index (χ3n) is 3.11. The molecular formula is C13H22N2S. The number of aromatic nitrogens is 1. The molecule has 0 radical (unpaired) electrons. The quantitative estimate of drug-likeness (QED) is 0.866. The van der Waals surface area contributed by atoms with E-state index in [9.17, 15) is 0 Å². The Bertz CT molecular complexity index is 344. The van der Waals surface area contributed by atoms with Gasteiger partial charge < -0.3 is 5.32 Å². The fourth-order valence-corrected chi connectivity index (χ4v) is 3.37. The molecule has 1 N–H and O–H groups in total. The molecule has 2 rings (SSSR count). The summed E-state index contributed by atoms with van der Waals surface area (Å²) in [5.41, 5.74) is 1.36. The van der Waals surface area contributed by atoms with E-state index >= 15 is 0 Å². The Kier molecular flexibility index (Phi) is 3.98. The Morgan fingerprint density at radius 2 is 2.31 bits per heavy atom. The van der Waals surface area contributed by atoms with Crippen molar-refractivity contribution in [1.82, 2.24) is 10.3 Å². The fraction of sp³-hybridized carbons (Fsp3) is 0.769. The van der Waals surface area contributed by atoms with Crippen LogP contribution in [0.15, 0.2) is 0 Å². The van der Waals surface area contributed by atoms with Crippen molar-refractivity contribution in [2.45, 2.75) is 58.4 Å². The highest BCUT2D eigenvalue weighted by Gasteiger charge is 2.24. The minimum absolute atomic E-state index is 0.521. The Hall–Kier alpha value is -0.410. The van der Waals surface area contributed by atoms with Crippen molar-refractivity contribution in [3.05, 3.63) is 15.6 Å². The van der Waals surface area contributed by atoms with Crippen LogP contribution in [0.5, 0.6) is 0 Å². The Morgan fingerprint density at radius 3 is 3.00 bits per heavy atom. The molecule has 1 aromatic rings. The zero-order chi connectivity index (χ0) is 11.5. The van der Waals surface area contributed by atoms with Crippen molar-refractivity contribution in [1.29, 1.82) is 0 Å². The van der Waals surface area contributed by atoms with Crippen LogP contribution in [0.25, 0.3) is 0 Å². The number of nitrogens with zero attached hydrogens (tertiary/aromatic N) is 1. The third-order valence-corrected chi connectivity index (χ3v) is 4.54. The molecule has 3 heteroatoms. The van der Waals surface area contributed by atoms with Gasteiger partial charge in [-0.05, 0) is 32.2 Å². The van der Waals surface area contributed by atoms with Gasteiger partial charge in [0.2, 0.25) is 0 Å². The molecule has 16 heavy (non-hydrogen) atoms. The summed E-state index contributed by atoms with van der Waals surface area (Å²) in [6, 6.07) is 0.521. The molecule has 1 atom stereocenters. The van der Waals surface area contributed by atoms with Gasteiger partial charge in [0.25, 0.3) is 0 Å². The van der Waals surface area contributed by atoms with Crippen molar-refractivity contribution < 1.29 is 0 Å². The number of thiazole rings is 1. The zero-order valence-corrected chi connectivity index (χ0v) is 11.4. The molecule has 1 heterocycles. The molecule has 1 aliphatic carbocycles. The van der Waals surface area contributed by atoms with Gasteiger partial charge in [0.1, 0.15) is 0 Å². The summed E-state index contributed by atoms with van der Waals surface area (Å²) in [5, 5.41) is 4.94. The van der Waals surface area contributed by atoms with Gasteiger partial charge in [0.15, 0.2) is 0 Å². The van der Waals surface area contributed by atoms with E-state index in [1.165, 1.54) is 41.3 Å². The first-order valence-corrected chi connectivity index (χ1v) is 7.27. The molecule has 1 unspecified atom stereocenters. The molecule has 1 aliphatic rings. The molecule has 2 nitrogen and oxygen atoms in total. The molecule has 0 aliphatic heterocycles. The lowest BCUT2D eigenvalue weighted by Crippen LogP contribution is -2.25. The molecule has 0 amide bonds. The van der Waals surface area contributed by atoms with Gasteiger partial charge in [-0.1, -0.05) is 20.8 Å². The SMILES string of the molecule is CCCNC1CCCc2sc(C(C)C)nc21. The average Bonchev–Trinajstić information content (AvgIpc) is 2.70. The number of hydrogen-bond donors (Lipinski definition) is 1. The lowest BCUT2D eigenvalue weighted by Gasteiger charge is -2.22. The third kappa shape index (κ3) is 2.46. The minimum atomic E-state index is 0.521. The molecule has 0 fully saturated rings. The molecule has 1 aromatic heterocycles. The highest BCUT2D eigenvalue weighted by Crippen LogP contribution is 2.35. The number of hydrogen-bond acceptors (Lipinski definition) is 3. The second-order valence-corrected chi connectivity index (χ2v) is 6.03. The van der Waals surface area contributed by atoms with Gasteiger partial charge in [0, 0.05) is 10.8 Å². The molecule has 90 valence electrons. The summed E-state index contributed by atoms with van der Waals surface area (Å²) in [6.07, 6.45) is 5.01. The summed E-state index contributed by atoms with van der Waals surface area (Å²) in [5.74, 6) is 0.572. The smallest absolute Gasteiger partial charge is 0.0957 e. The van der Waals surface area contributed by atoms with Crippen LogP contribution >= 0.6 is 11.3 Å². The van der Waals surface area contributed by atoms with Crippen LogP contribution in [0.1, 0.15) is 67.6 Å². The molecular weight excluding hydrogens is 216 g/mol. The van der Waals surface area contributed by atoms with Crippen LogP contribution in [0.2, 0.25) is 0 Å². The monoisotopic (exact) mass is 238 g/mol. The summed E-state index contributed by atoms with van der Waals surface area (Å²) < 4.78 is 0. The highest BCUT2D eigenvalue weighted by molar-refractivity contribution is 7.11. The van der Waals surface area contributed by atoms with Crippen LogP contribution in [0, 0.1) is 0 Å². The fourth-order valence-electron chi connectivity index (χ4n) is 2.20. The van der Waals surface area contributed by atoms with E-state index in [4.69, 9.17) is 4.98 Å². The largest absolute Gasteiger partial charge is 0.309 e. The molecule has 0 saturated heterocycles. The predicted octanol–water partition coefficient (Wildman–Crippen LogP) is 3.64. The second-order valence-electron chi connectivity index (χ2n) is 4.91. The van der Waals surface area contributed by atoms with Crippen molar-refractivity contribution in [2.75, 3.05) is 6.54 Å². The Balaban J connectivity index is 2.17. The highest BCUT2D eigenvalue weighted by atomic mass is 32.1. The van der Waals surface area contributed by atoms with Gasteiger partial charge >= 0.3 is 0 Å². The van der Waals surface area contributed by atoms with Gasteiger partial charge in [-0.25, -0.2) is 4.98 Å². The van der Waals surface area contributed by atoms with Crippen LogP contribution in [0.4, 0.5) is 0 Å². The molecule has 0 bridgehead atoms. The van der Waals surface area contributed by atoms with E-state index in [1.807, 2.05) is 11.3 Å². The maximum absolute atomic E-state index is 4.84. The second kappa shape index (κ2) is 5.28. The molecule has 0 aromatic carbocycles. The molecule has 0 spiro atoms. The number of fused-ring (bicyclic) bond motifs is 1. The summed E-state index contributed by atoms with van der Waals surface area (Å²) >= 11 is 1.93. The van der Waals surface area contributed by atoms with Crippen LogP contribution in [-0.2, 0) is 6.42 Å². The van der Waals surface area contributed by atoms with E-state index in [1.54, 1.807) is 0 Å². The first-order chi connectivity index (χ1) is 7.72. The number of aryl methyl sites for hydroxylation is 1. The lowest BCUT2D eigenvalue weighted by molar-refractivity contribution is 0.453. The van der Waals surface area contributed by atoms with Gasteiger partial charge in [-0.3, -0.25) is 0 Å². The van der Waals surface area contributed by atoms with Crippen LogP contribution in [0.3, 0.4) is 0 Å². The average molecular weight is 238 g/mol. The van der Waals surface area contributed by atoms with Crippen LogP contribution < -0.4 is 5.32 Å². The van der Waals surface area contributed by atoms with Gasteiger partial charge in [-0.2, -0.15) is 0 Å². The summed E-state index contributed by atoms with van der Waals surface area (Å²) in [4.78, 5) is 6.37. The normalized spacial score (nSPS) is 20.1.